The zero-order valence-electron chi connectivity index (χ0n) is 6.41. The Balaban J connectivity index is 3.39. The van der Waals surface area contributed by atoms with Crippen molar-refractivity contribution in [3.63, 3.8) is 0 Å². The van der Waals surface area contributed by atoms with Gasteiger partial charge in [-0.1, -0.05) is 6.92 Å². The van der Waals surface area contributed by atoms with Crippen LogP contribution in [0.5, 0.6) is 0 Å². The Bertz CT molecular complexity index is 153. The van der Waals surface area contributed by atoms with Crippen molar-refractivity contribution >= 4 is 11.9 Å². The predicted molar refractivity (Wildman–Crippen MR) is 38.3 cm³/mol. The minimum Gasteiger partial charge on any atom is -0.481 e. The number of hydrogen-bond donors (Lipinski definition) is 2. The van der Waals surface area contributed by atoms with E-state index in [1.807, 2.05) is 0 Å². The average Bonchev–Trinajstić information content (AvgIpc) is 1.86. The third kappa shape index (κ3) is 5.39. The van der Waals surface area contributed by atoms with E-state index in [9.17, 15) is 9.59 Å². The van der Waals surface area contributed by atoms with E-state index in [2.05, 4.69) is 0 Å². The lowest BCUT2D eigenvalue weighted by Gasteiger charge is -2.02. The highest BCUT2D eigenvalue weighted by atomic mass is 16.4. The number of aliphatic carboxylic acids is 2. The molecule has 0 aliphatic carbocycles. The Labute approximate surface area is 64.8 Å². The summed E-state index contributed by atoms with van der Waals surface area (Å²) in [4.78, 5) is 20.2. The maximum absolute atomic E-state index is 10.2. The zero-order valence-corrected chi connectivity index (χ0v) is 6.41. The Morgan fingerprint density at radius 1 is 1.36 bits per heavy atom. The fourth-order valence-corrected chi connectivity index (χ4v) is 0.683. The highest BCUT2D eigenvalue weighted by Crippen LogP contribution is 2.07. The minimum atomic E-state index is -0.873. The molecule has 0 heterocycles. The van der Waals surface area contributed by atoms with E-state index < -0.39 is 17.9 Å². The molecule has 0 saturated carbocycles. The molecule has 0 fully saturated rings. The summed E-state index contributed by atoms with van der Waals surface area (Å²) in [5.41, 5.74) is 0. The summed E-state index contributed by atoms with van der Waals surface area (Å²) in [6.45, 7) is 1.57. The topological polar surface area (TPSA) is 74.6 Å². The lowest BCUT2D eigenvalue weighted by atomic mass is 10.1. The molecule has 11 heavy (non-hydrogen) atoms. The smallest absolute Gasteiger partial charge is 0.306 e. The third-order valence-electron chi connectivity index (χ3n) is 1.45. The number of carbonyl (C=O) groups is 2. The average molecular weight is 160 g/mol. The molecule has 0 amide bonds. The van der Waals surface area contributed by atoms with Crippen molar-refractivity contribution in [2.45, 2.75) is 26.2 Å². The van der Waals surface area contributed by atoms with Gasteiger partial charge in [-0.15, -0.1) is 0 Å². The van der Waals surface area contributed by atoms with Crippen molar-refractivity contribution in [3.8, 4) is 0 Å². The van der Waals surface area contributed by atoms with Crippen LogP contribution in [0, 0.1) is 5.92 Å². The van der Waals surface area contributed by atoms with Gasteiger partial charge in [-0.25, -0.2) is 0 Å². The molecule has 0 aliphatic rings. The highest BCUT2D eigenvalue weighted by Gasteiger charge is 2.10. The quantitative estimate of drug-likeness (QED) is 0.628. The van der Waals surface area contributed by atoms with E-state index in [-0.39, 0.29) is 6.42 Å². The summed E-state index contributed by atoms with van der Waals surface area (Å²) in [5, 5.41) is 16.6. The molecule has 0 bridgehead atoms. The molecule has 64 valence electrons. The van der Waals surface area contributed by atoms with Gasteiger partial charge in [0.05, 0.1) is 5.92 Å². The molecule has 0 aromatic rings. The summed E-state index contributed by atoms with van der Waals surface area (Å²) >= 11 is 0. The van der Waals surface area contributed by atoms with Crippen LogP contribution in [-0.4, -0.2) is 22.2 Å². The molecule has 0 aliphatic heterocycles. The number of carboxylic acids is 2. The normalized spacial score (nSPS) is 12.5. The van der Waals surface area contributed by atoms with Gasteiger partial charge >= 0.3 is 11.9 Å². The van der Waals surface area contributed by atoms with Gasteiger partial charge in [0.2, 0.25) is 0 Å². The van der Waals surface area contributed by atoms with E-state index >= 15 is 0 Å². The van der Waals surface area contributed by atoms with Crippen LogP contribution in [0.25, 0.3) is 0 Å². The molecule has 4 nitrogen and oxygen atoms in total. The fraction of sp³-hybridized carbons (Fsp3) is 0.714. The van der Waals surface area contributed by atoms with Crippen molar-refractivity contribution < 1.29 is 19.8 Å². The minimum absolute atomic E-state index is 0.0532. The molecule has 4 heteroatoms. The van der Waals surface area contributed by atoms with Gasteiger partial charge in [-0.05, 0) is 12.8 Å². The van der Waals surface area contributed by atoms with Crippen LogP contribution in [0.2, 0.25) is 0 Å². The summed E-state index contributed by atoms with van der Waals surface area (Å²) in [7, 11) is 0. The number of rotatable bonds is 5. The Morgan fingerprint density at radius 3 is 2.27 bits per heavy atom. The third-order valence-corrected chi connectivity index (χ3v) is 1.45. The van der Waals surface area contributed by atoms with E-state index in [0.717, 1.165) is 0 Å². The zero-order chi connectivity index (χ0) is 8.85. The van der Waals surface area contributed by atoms with Crippen molar-refractivity contribution in [3.05, 3.63) is 0 Å². The van der Waals surface area contributed by atoms with Gasteiger partial charge in [0.15, 0.2) is 0 Å². The summed E-state index contributed by atoms with van der Waals surface area (Å²) in [6.07, 6.45) is 0.919. The molecule has 0 rings (SSSR count). The Kier molecular flexibility index (Phi) is 4.26. The SMILES string of the molecule is C[C@H](CCCC(=O)O)C(=O)O. The second kappa shape index (κ2) is 4.71. The van der Waals surface area contributed by atoms with Crippen LogP contribution in [0.3, 0.4) is 0 Å². The Morgan fingerprint density at radius 2 is 1.91 bits per heavy atom. The van der Waals surface area contributed by atoms with Crippen LogP contribution in [0.1, 0.15) is 26.2 Å². The van der Waals surface area contributed by atoms with Crippen molar-refractivity contribution in [1.82, 2.24) is 0 Å². The maximum atomic E-state index is 10.2. The van der Waals surface area contributed by atoms with Crippen molar-refractivity contribution in [2.24, 2.45) is 5.92 Å². The maximum Gasteiger partial charge on any atom is 0.306 e. The highest BCUT2D eigenvalue weighted by molar-refractivity contribution is 5.69. The first-order valence-electron chi connectivity index (χ1n) is 3.48. The summed E-state index contributed by atoms with van der Waals surface area (Å²) in [6, 6.07) is 0. The predicted octanol–water partition coefficient (Wildman–Crippen LogP) is 0.962. The number of carboxylic acid groups (broad SMARTS) is 2. The molecule has 0 spiro atoms. The standard InChI is InChI=1S/C7H12O4/c1-5(7(10)11)3-2-4-6(8)9/h5H,2-4H2,1H3,(H,8,9)(H,10,11)/t5-/m1/s1. The lowest BCUT2D eigenvalue weighted by Crippen LogP contribution is -2.09. The monoisotopic (exact) mass is 160 g/mol. The Hall–Kier alpha value is -1.06. The molecule has 0 radical (unpaired) electrons. The van der Waals surface area contributed by atoms with Crippen LogP contribution >= 0.6 is 0 Å². The molecule has 0 unspecified atom stereocenters. The van der Waals surface area contributed by atoms with Gasteiger partial charge in [0.1, 0.15) is 0 Å². The molecular formula is C7H12O4. The summed E-state index contributed by atoms with van der Waals surface area (Å²) in [5.74, 6) is -2.17. The van der Waals surface area contributed by atoms with Gasteiger partial charge in [0.25, 0.3) is 0 Å². The first kappa shape index (κ1) is 9.94. The largest absolute Gasteiger partial charge is 0.481 e. The number of hydrogen-bond acceptors (Lipinski definition) is 2. The molecule has 0 aromatic carbocycles. The molecule has 1 atom stereocenters. The molecular weight excluding hydrogens is 148 g/mol. The summed E-state index contributed by atoms with van der Waals surface area (Å²) < 4.78 is 0. The van der Waals surface area contributed by atoms with E-state index in [0.29, 0.717) is 12.8 Å². The molecule has 2 N–H and O–H groups in total. The van der Waals surface area contributed by atoms with Crippen LogP contribution in [-0.2, 0) is 9.59 Å². The lowest BCUT2D eigenvalue weighted by molar-refractivity contribution is -0.142. The first-order chi connectivity index (χ1) is 5.04. The van der Waals surface area contributed by atoms with E-state index in [1.165, 1.54) is 0 Å². The van der Waals surface area contributed by atoms with E-state index in [4.69, 9.17) is 10.2 Å². The second-order valence-corrected chi connectivity index (χ2v) is 2.53. The van der Waals surface area contributed by atoms with Crippen LogP contribution < -0.4 is 0 Å². The fourth-order valence-electron chi connectivity index (χ4n) is 0.683. The van der Waals surface area contributed by atoms with Gasteiger partial charge in [0, 0.05) is 6.42 Å². The van der Waals surface area contributed by atoms with Gasteiger partial charge in [-0.2, -0.15) is 0 Å². The van der Waals surface area contributed by atoms with Gasteiger partial charge < -0.3 is 10.2 Å². The molecule has 0 aromatic heterocycles. The van der Waals surface area contributed by atoms with Crippen LogP contribution in [0.4, 0.5) is 0 Å². The van der Waals surface area contributed by atoms with Crippen molar-refractivity contribution in [2.75, 3.05) is 0 Å². The second-order valence-electron chi connectivity index (χ2n) is 2.53. The van der Waals surface area contributed by atoms with E-state index in [1.54, 1.807) is 6.92 Å². The van der Waals surface area contributed by atoms with Gasteiger partial charge in [-0.3, -0.25) is 9.59 Å². The first-order valence-corrected chi connectivity index (χ1v) is 3.48. The molecule has 0 saturated heterocycles. The van der Waals surface area contributed by atoms with Crippen molar-refractivity contribution in [1.29, 1.82) is 0 Å². The van der Waals surface area contributed by atoms with Crippen LogP contribution in [0.15, 0.2) is 0 Å².